The van der Waals surface area contributed by atoms with Crippen LogP contribution in [0.2, 0.25) is 5.02 Å². The van der Waals surface area contributed by atoms with Gasteiger partial charge < -0.3 is 10.6 Å². The molecule has 2 saturated carbocycles. The SMILES string of the molecule is CN(C(N)=NCC1(c2ccccc2Cl)CC1)C1CC1.I. The molecule has 0 aromatic heterocycles. The second kappa shape index (κ2) is 6.10. The lowest BCUT2D eigenvalue weighted by molar-refractivity contribution is 0.485. The van der Waals surface area contributed by atoms with Crippen molar-refractivity contribution in [1.29, 1.82) is 0 Å². The van der Waals surface area contributed by atoms with Crippen LogP contribution in [0.3, 0.4) is 0 Å². The molecule has 0 unspecified atom stereocenters. The number of halogens is 2. The van der Waals surface area contributed by atoms with Crippen molar-refractivity contribution in [3.8, 4) is 0 Å². The van der Waals surface area contributed by atoms with E-state index in [0.717, 1.165) is 24.4 Å². The highest BCUT2D eigenvalue weighted by Gasteiger charge is 2.45. The minimum atomic E-state index is 0. The smallest absolute Gasteiger partial charge is 0.191 e. The van der Waals surface area contributed by atoms with E-state index in [1.807, 2.05) is 25.2 Å². The number of benzene rings is 1. The van der Waals surface area contributed by atoms with Crippen LogP contribution in [0, 0.1) is 0 Å². The molecular weight excluding hydrogens is 385 g/mol. The van der Waals surface area contributed by atoms with Gasteiger partial charge in [0, 0.05) is 23.5 Å². The number of guanidine groups is 1. The first kappa shape index (κ1) is 15.9. The first-order chi connectivity index (χ1) is 9.12. The average molecular weight is 406 g/mol. The molecule has 20 heavy (non-hydrogen) atoms. The number of rotatable bonds is 4. The maximum absolute atomic E-state index is 6.30. The predicted molar refractivity (Wildman–Crippen MR) is 95.1 cm³/mol. The molecule has 0 aliphatic heterocycles. The standard InChI is InChI=1S/C15H20ClN3.HI/c1-19(11-6-7-11)14(17)18-10-15(8-9-15)12-4-2-3-5-13(12)16;/h2-5,11H,6-10H2,1H3,(H2,17,18);1H. The molecule has 2 N–H and O–H groups in total. The van der Waals surface area contributed by atoms with Crippen LogP contribution in [0.25, 0.3) is 0 Å². The zero-order valence-electron chi connectivity index (χ0n) is 11.7. The van der Waals surface area contributed by atoms with E-state index < -0.39 is 0 Å². The number of nitrogens with two attached hydrogens (primary N) is 1. The second-order valence-electron chi connectivity index (χ2n) is 5.78. The third kappa shape index (κ3) is 3.22. The van der Waals surface area contributed by atoms with Crippen LogP contribution in [-0.2, 0) is 5.41 Å². The van der Waals surface area contributed by atoms with Crippen molar-refractivity contribution in [3.05, 3.63) is 34.9 Å². The van der Waals surface area contributed by atoms with E-state index in [4.69, 9.17) is 17.3 Å². The second-order valence-corrected chi connectivity index (χ2v) is 6.18. The highest BCUT2D eigenvalue weighted by atomic mass is 127. The van der Waals surface area contributed by atoms with Crippen molar-refractivity contribution in [1.82, 2.24) is 4.90 Å². The fourth-order valence-corrected chi connectivity index (χ4v) is 2.88. The van der Waals surface area contributed by atoms with E-state index in [1.54, 1.807) is 0 Å². The van der Waals surface area contributed by atoms with Crippen LogP contribution in [0.1, 0.15) is 31.2 Å². The van der Waals surface area contributed by atoms with E-state index in [9.17, 15) is 0 Å². The van der Waals surface area contributed by atoms with Gasteiger partial charge >= 0.3 is 0 Å². The van der Waals surface area contributed by atoms with Gasteiger partial charge in [0.05, 0.1) is 6.54 Å². The third-order valence-corrected chi connectivity index (χ3v) is 4.63. The monoisotopic (exact) mass is 405 g/mol. The van der Waals surface area contributed by atoms with Gasteiger partial charge in [-0.05, 0) is 37.3 Å². The molecule has 1 aromatic carbocycles. The Bertz CT molecular complexity index is 510. The zero-order valence-corrected chi connectivity index (χ0v) is 14.8. The van der Waals surface area contributed by atoms with Crippen molar-refractivity contribution >= 4 is 41.5 Å². The molecule has 0 bridgehead atoms. The van der Waals surface area contributed by atoms with Gasteiger partial charge in [-0.3, -0.25) is 4.99 Å². The maximum Gasteiger partial charge on any atom is 0.191 e. The zero-order chi connectivity index (χ0) is 13.5. The Hall–Kier alpha value is -0.490. The quantitative estimate of drug-likeness (QED) is 0.474. The number of aliphatic imine (C=N–C) groups is 1. The van der Waals surface area contributed by atoms with Crippen molar-refractivity contribution in [2.75, 3.05) is 13.6 Å². The largest absolute Gasteiger partial charge is 0.370 e. The van der Waals surface area contributed by atoms with Gasteiger partial charge in [0.2, 0.25) is 0 Å². The summed E-state index contributed by atoms with van der Waals surface area (Å²) in [4.78, 5) is 6.70. The summed E-state index contributed by atoms with van der Waals surface area (Å²) in [6.07, 6.45) is 4.78. The molecule has 2 aliphatic carbocycles. The average Bonchev–Trinajstić information content (AvgIpc) is 3.28. The fraction of sp³-hybridized carbons (Fsp3) is 0.533. The van der Waals surface area contributed by atoms with Crippen molar-refractivity contribution in [2.24, 2.45) is 10.7 Å². The lowest BCUT2D eigenvalue weighted by atomic mass is 9.96. The third-order valence-electron chi connectivity index (χ3n) is 4.30. The molecule has 0 spiro atoms. The molecular formula is C15H21ClIN3. The molecule has 0 saturated heterocycles. The van der Waals surface area contributed by atoms with Crippen LogP contribution in [0.15, 0.2) is 29.3 Å². The molecule has 2 aliphatic rings. The minimum absolute atomic E-state index is 0. The van der Waals surface area contributed by atoms with Gasteiger partial charge in [0.15, 0.2) is 5.96 Å². The van der Waals surface area contributed by atoms with Crippen molar-refractivity contribution < 1.29 is 0 Å². The Morgan fingerprint density at radius 2 is 2.05 bits per heavy atom. The highest BCUT2D eigenvalue weighted by Crippen LogP contribution is 2.50. The lowest BCUT2D eigenvalue weighted by Gasteiger charge is -2.19. The van der Waals surface area contributed by atoms with E-state index in [1.165, 1.54) is 18.4 Å². The maximum atomic E-state index is 6.30. The summed E-state index contributed by atoms with van der Waals surface area (Å²) in [5.74, 6) is 0.667. The van der Waals surface area contributed by atoms with E-state index >= 15 is 0 Å². The summed E-state index contributed by atoms with van der Waals surface area (Å²) < 4.78 is 0. The van der Waals surface area contributed by atoms with Gasteiger partial charge in [-0.15, -0.1) is 24.0 Å². The number of hydrogen-bond donors (Lipinski definition) is 1. The van der Waals surface area contributed by atoms with Gasteiger partial charge in [-0.2, -0.15) is 0 Å². The Balaban J connectivity index is 0.00000147. The van der Waals surface area contributed by atoms with Crippen molar-refractivity contribution in [3.63, 3.8) is 0 Å². The molecule has 110 valence electrons. The van der Waals surface area contributed by atoms with E-state index in [-0.39, 0.29) is 29.4 Å². The van der Waals surface area contributed by atoms with Gasteiger partial charge in [0.1, 0.15) is 0 Å². The van der Waals surface area contributed by atoms with Gasteiger partial charge in [-0.25, -0.2) is 0 Å². The summed E-state index contributed by atoms with van der Waals surface area (Å²) in [5, 5.41) is 0.851. The summed E-state index contributed by atoms with van der Waals surface area (Å²) >= 11 is 6.30. The molecule has 1 aromatic rings. The molecule has 0 heterocycles. The molecule has 0 radical (unpaired) electrons. The van der Waals surface area contributed by atoms with Gasteiger partial charge in [-0.1, -0.05) is 29.8 Å². The Morgan fingerprint density at radius 1 is 1.40 bits per heavy atom. The Labute approximate surface area is 142 Å². The van der Waals surface area contributed by atoms with Crippen LogP contribution in [0.4, 0.5) is 0 Å². The molecule has 0 amide bonds. The molecule has 5 heteroatoms. The minimum Gasteiger partial charge on any atom is -0.370 e. The summed E-state index contributed by atoms with van der Waals surface area (Å²) in [6, 6.07) is 8.70. The van der Waals surface area contributed by atoms with Crippen LogP contribution < -0.4 is 5.73 Å². The number of hydrogen-bond acceptors (Lipinski definition) is 1. The fourth-order valence-electron chi connectivity index (χ4n) is 2.55. The van der Waals surface area contributed by atoms with Gasteiger partial charge in [0.25, 0.3) is 0 Å². The highest BCUT2D eigenvalue weighted by molar-refractivity contribution is 14.0. The van der Waals surface area contributed by atoms with Crippen molar-refractivity contribution in [2.45, 2.75) is 37.1 Å². The summed E-state index contributed by atoms with van der Waals surface area (Å²) in [6.45, 7) is 0.750. The molecule has 3 nitrogen and oxygen atoms in total. The number of nitrogens with zero attached hydrogens (tertiary/aromatic N) is 2. The van der Waals surface area contributed by atoms with Crippen LogP contribution >= 0.6 is 35.6 Å². The Kier molecular flexibility index (Phi) is 4.84. The molecule has 3 rings (SSSR count). The first-order valence-corrected chi connectivity index (χ1v) is 7.28. The van der Waals surface area contributed by atoms with E-state index in [2.05, 4.69) is 16.0 Å². The summed E-state index contributed by atoms with van der Waals surface area (Å²) in [7, 11) is 2.03. The topological polar surface area (TPSA) is 41.6 Å². The first-order valence-electron chi connectivity index (χ1n) is 6.90. The molecule has 2 fully saturated rings. The Morgan fingerprint density at radius 3 is 2.60 bits per heavy atom. The molecule has 0 atom stereocenters. The van der Waals surface area contributed by atoms with Crippen LogP contribution in [-0.4, -0.2) is 30.5 Å². The van der Waals surface area contributed by atoms with Crippen LogP contribution in [0.5, 0.6) is 0 Å². The van der Waals surface area contributed by atoms with E-state index in [0.29, 0.717) is 12.0 Å². The lowest BCUT2D eigenvalue weighted by Crippen LogP contribution is -2.36. The normalized spacial score (nSPS) is 20.2. The predicted octanol–water partition coefficient (Wildman–Crippen LogP) is 3.40. The summed E-state index contributed by atoms with van der Waals surface area (Å²) in [5.41, 5.74) is 7.41.